The van der Waals surface area contributed by atoms with Crippen LogP contribution in [0.3, 0.4) is 0 Å². The molecule has 1 unspecified atom stereocenters. The first-order valence-electron chi connectivity index (χ1n) is 8.38. The third kappa shape index (κ3) is 2.69. The van der Waals surface area contributed by atoms with Gasteiger partial charge in [-0.2, -0.15) is 0 Å². The van der Waals surface area contributed by atoms with Crippen LogP contribution in [0.4, 0.5) is 4.79 Å². The van der Waals surface area contributed by atoms with Crippen molar-refractivity contribution in [3.05, 3.63) is 5.82 Å². The van der Waals surface area contributed by atoms with Gasteiger partial charge in [0, 0.05) is 27.2 Å². The predicted octanol–water partition coefficient (Wildman–Crippen LogP) is 0.932. The van der Waals surface area contributed by atoms with E-state index in [0.29, 0.717) is 12.6 Å². The number of rotatable bonds is 3. The van der Waals surface area contributed by atoms with Gasteiger partial charge in [-0.25, -0.2) is 9.48 Å². The van der Waals surface area contributed by atoms with Gasteiger partial charge in [-0.05, 0) is 43.8 Å². The maximum absolute atomic E-state index is 12.3. The van der Waals surface area contributed by atoms with Crippen molar-refractivity contribution in [2.45, 2.75) is 43.7 Å². The maximum atomic E-state index is 12.3. The van der Waals surface area contributed by atoms with E-state index in [0.717, 1.165) is 31.6 Å². The highest BCUT2D eigenvalue weighted by Gasteiger charge is 2.48. The molecule has 1 aromatic rings. The number of nitrogens with zero attached hydrogens (tertiary/aromatic N) is 7. The molecule has 0 spiro atoms. The molecule has 0 N–H and O–H groups in total. The Morgan fingerprint density at radius 2 is 1.91 bits per heavy atom. The number of carbonyl (C=O) groups excluding carboxylic acids is 1. The number of aromatic nitrogens is 4. The number of urea groups is 1. The van der Waals surface area contributed by atoms with Gasteiger partial charge < -0.3 is 9.80 Å². The van der Waals surface area contributed by atoms with Crippen molar-refractivity contribution in [3.8, 4) is 0 Å². The van der Waals surface area contributed by atoms with Gasteiger partial charge in [-0.1, -0.05) is 12.8 Å². The van der Waals surface area contributed by atoms with Gasteiger partial charge in [0.1, 0.15) is 5.54 Å². The van der Waals surface area contributed by atoms with Crippen LogP contribution < -0.4 is 0 Å². The maximum Gasteiger partial charge on any atom is 0.319 e. The van der Waals surface area contributed by atoms with Crippen LogP contribution in [0, 0.1) is 0 Å². The highest BCUT2D eigenvalue weighted by atomic mass is 16.2. The number of amides is 2. The van der Waals surface area contributed by atoms with Crippen molar-refractivity contribution in [1.82, 2.24) is 34.9 Å². The molecule has 1 saturated heterocycles. The fourth-order valence-electron chi connectivity index (χ4n) is 3.88. The summed E-state index contributed by atoms with van der Waals surface area (Å²) in [6.45, 7) is 1.36. The molecule has 0 aromatic carbocycles. The first-order chi connectivity index (χ1) is 11.0. The van der Waals surface area contributed by atoms with E-state index < -0.39 is 0 Å². The summed E-state index contributed by atoms with van der Waals surface area (Å²) in [5, 5.41) is 12.6. The van der Waals surface area contributed by atoms with Gasteiger partial charge in [0.25, 0.3) is 0 Å². The van der Waals surface area contributed by atoms with Crippen LogP contribution in [-0.4, -0.2) is 82.2 Å². The van der Waals surface area contributed by atoms with Crippen LogP contribution in [0.25, 0.3) is 0 Å². The average Bonchev–Trinajstić information content (AvgIpc) is 3.24. The first-order valence-corrected chi connectivity index (χ1v) is 8.38. The molecule has 2 aliphatic rings. The Bertz CT molecular complexity index is 564. The summed E-state index contributed by atoms with van der Waals surface area (Å²) in [6.07, 6.45) is 5.62. The van der Waals surface area contributed by atoms with Gasteiger partial charge in [0.05, 0.1) is 6.04 Å². The third-order valence-corrected chi connectivity index (χ3v) is 5.34. The van der Waals surface area contributed by atoms with E-state index in [4.69, 9.17) is 0 Å². The molecule has 1 atom stereocenters. The molecule has 1 aliphatic heterocycles. The molecule has 0 radical (unpaired) electrons. The zero-order chi connectivity index (χ0) is 16.6. The van der Waals surface area contributed by atoms with E-state index >= 15 is 0 Å². The number of hydrogen-bond donors (Lipinski definition) is 0. The smallest absolute Gasteiger partial charge is 0.319 e. The SMILES string of the molecule is CN(C)C(=O)N1CCC(c2nnnn2C2CCCC2)(N(C)C)C1. The molecule has 1 saturated carbocycles. The minimum atomic E-state index is -0.308. The predicted molar refractivity (Wildman–Crippen MR) is 86.0 cm³/mol. The Morgan fingerprint density at radius 3 is 2.52 bits per heavy atom. The molecule has 8 heteroatoms. The van der Waals surface area contributed by atoms with Gasteiger partial charge in [0.2, 0.25) is 0 Å². The van der Waals surface area contributed by atoms with Crippen LogP contribution >= 0.6 is 0 Å². The fraction of sp³-hybridized carbons (Fsp3) is 0.867. The van der Waals surface area contributed by atoms with Gasteiger partial charge >= 0.3 is 6.03 Å². The highest BCUT2D eigenvalue weighted by Crippen LogP contribution is 2.38. The molecule has 8 nitrogen and oxygen atoms in total. The summed E-state index contributed by atoms with van der Waals surface area (Å²) in [5.41, 5.74) is -0.308. The largest absolute Gasteiger partial charge is 0.331 e. The van der Waals surface area contributed by atoms with Gasteiger partial charge in [0.15, 0.2) is 5.82 Å². The van der Waals surface area contributed by atoms with E-state index in [1.165, 1.54) is 12.8 Å². The second-order valence-electron chi connectivity index (χ2n) is 7.16. The second kappa shape index (κ2) is 6.07. The molecule has 2 fully saturated rings. The van der Waals surface area contributed by atoms with Crippen molar-refractivity contribution in [3.63, 3.8) is 0 Å². The number of hydrogen-bond acceptors (Lipinski definition) is 5. The van der Waals surface area contributed by atoms with Crippen molar-refractivity contribution in [2.24, 2.45) is 0 Å². The summed E-state index contributed by atoms with van der Waals surface area (Å²) in [4.78, 5) is 18.0. The normalized spacial score (nSPS) is 25.5. The zero-order valence-corrected chi connectivity index (χ0v) is 14.6. The van der Waals surface area contributed by atoms with Gasteiger partial charge in [-0.15, -0.1) is 5.10 Å². The summed E-state index contributed by atoms with van der Waals surface area (Å²) >= 11 is 0. The zero-order valence-electron chi connectivity index (χ0n) is 14.6. The first kappa shape index (κ1) is 16.2. The molecular formula is C15H27N7O. The molecule has 1 aliphatic carbocycles. The lowest BCUT2D eigenvalue weighted by molar-refractivity contribution is 0.129. The van der Waals surface area contributed by atoms with Crippen LogP contribution in [0.1, 0.15) is 44.0 Å². The monoisotopic (exact) mass is 321 g/mol. The van der Waals surface area contributed by atoms with Crippen LogP contribution in [0.15, 0.2) is 0 Å². The summed E-state index contributed by atoms with van der Waals surface area (Å²) < 4.78 is 2.02. The van der Waals surface area contributed by atoms with Gasteiger partial charge in [-0.3, -0.25) is 4.90 Å². The summed E-state index contributed by atoms with van der Waals surface area (Å²) in [5.74, 6) is 0.906. The van der Waals surface area contributed by atoms with Crippen LogP contribution in [0.5, 0.6) is 0 Å². The minimum absolute atomic E-state index is 0.0496. The number of likely N-dealkylation sites (N-methyl/N-ethyl adjacent to an activating group) is 1. The lowest BCUT2D eigenvalue weighted by Gasteiger charge is -2.35. The van der Waals surface area contributed by atoms with E-state index in [-0.39, 0.29) is 11.6 Å². The highest BCUT2D eigenvalue weighted by molar-refractivity contribution is 5.74. The van der Waals surface area contributed by atoms with Crippen molar-refractivity contribution >= 4 is 6.03 Å². The van der Waals surface area contributed by atoms with E-state index in [2.05, 4.69) is 34.5 Å². The lowest BCUT2D eigenvalue weighted by Crippen LogP contribution is -2.48. The van der Waals surface area contributed by atoms with Crippen LogP contribution in [0.2, 0.25) is 0 Å². The van der Waals surface area contributed by atoms with Crippen LogP contribution in [-0.2, 0) is 5.54 Å². The van der Waals surface area contributed by atoms with E-state index in [1.54, 1.807) is 19.0 Å². The molecule has 128 valence electrons. The molecule has 0 bridgehead atoms. The molecule has 23 heavy (non-hydrogen) atoms. The molecule has 2 heterocycles. The molecule has 2 amide bonds. The van der Waals surface area contributed by atoms with Crippen molar-refractivity contribution in [2.75, 3.05) is 41.3 Å². The Labute approximate surface area is 137 Å². The summed E-state index contributed by atoms with van der Waals surface area (Å²) in [6, 6.07) is 0.448. The Morgan fingerprint density at radius 1 is 1.22 bits per heavy atom. The van der Waals surface area contributed by atoms with E-state index in [1.807, 2.05) is 9.58 Å². The summed E-state index contributed by atoms with van der Waals surface area (Å²) in [7, 11) is 7.69. The average molecular weight is 321 g/mol. The quantitative estimate of drug-likeness (QED) is 0.828. The Hall–Kier alpha value is -1.70. The number of tetrazole rings is 1. The lowest BCUT2D eigenvalue weighted by atomic mass is 9.95. The van der Waals surface area contributed by atoms with Crippen molar-refractivity contribution in [1.29, 1.82) is 0 Å². The molecular weight excluding hydrogens is 294 g/mol. The molecule has 3 rings (SSSR count). The fourth-order valence-corrected chi connectivity index (χ4v) is 3.88. The molecule has 1 aromatic heterocycles. The standard InChI is InChI=1S/C15H27N7O/c1-19(2)14(23)21-10-9-15(11-21,20(3)4)13-16-17-18-22(13)12-7-5-6-8-12/h12H,5-11H2,1-4H3. The Balaban J connectivity index is 1.91. The number of likely N-dealkylation sites (tertiary alicyclic amines) is 1. The van der Waals surface area contributed by atoms with E-state index in [9.17, 15) is 4.79 Å². The minimum Gasteiger partial charge on any atom is -0.331 e. The third-order valence-electron chi connectivity index (χ3n) is 5.34. The Kier molecular flexibility index (Phi) is 4.27. The second-order valence-corrected chi connectivity index (χ2v) is 7.16. The van der Waals surface area contributed by atoms with Crippen molar-refractivity contribution < 1.29 is 4.79 Å². The topological polar surface area (TPSA) is 70.4 Å². The number of carbonyl (C=O) groups is 1.